The second-order valence-electron chi connectivity index (χ2n) is 7.08. The quantitative estimate of drug-likeness (QED) is 0.163. The van der Waals surface area contributed by atoms with E-state index in [0.29, 0.717) is 72.2 Å². The van der Waals surface area contributed by atoms with E-state index in [-0.39, 0.29) is 31.3 Å². The average Bonchev–Trinajstić information content (AvgIpc) is 2.77. The highest BCUT2D eigenvalue weighted by atomic mass is 16.6. The highest BCUT2D eigenvalue weighted by Gasteiger charge is 2.04. The zero-order valence-corrected chi connectivity index (χ0v) is 19.4. The second-order valence-corrected chi connectivity index (χ2v) is 7.08. The van der Waals surface area contributed by atoms with Crippen molar-refractivity contribution in [2.45, 2.75) is 58.3 Å². The van der Waals surface area contributed by atoms with Gasteiger partial charge in [-0.2, -0.15) is 0 Å². The van der Waals surface area contributed by atoms with Crippen LogP contribution >= 0.6 is 0 Å². The van der Waals surface area contributed by atoms with Crippen LogP contribution in [-0.4, -0.2) is 89.0 Å². The van der Waals surface area contributed by atoms with Gasteiger partial charge in [0.25, 0.3) is 0 Å². The fourth-order valence-corrected chi connectivity index (χ4v) is 2.46. The van der Waals surface area contributed by atoms with Crippen LogP contribution in [0.2, 0.25) is 0 Å². The van der Waals surface area contributed by atoms with E-state index in [1.165, 1.54) is 0 Å². The number of ether oxygens (including phenoxy) is 5. The Morgan fingerprint density at radius 2 is 1.22 bits per heavy atom. The first-order chi connectivity index (χ1) is 15.6. The summed E-state index contributed by atoms with van der Waals surface area (Å²) in [6.45, 7) is 6.42. The summed E-state index contributed by atoms with van der Waals surface area (Å²) in [4.78, 5) is 33.1. The molecule has 1 amide bonds. The van der Waals surface area contributed by atoms with E-state index in [1.807, 2.05) is 0 Å². The summed E-state index contributed by atoms with van der Waals surface area (Å²) >= 11 is 0. The van der Waals surface area contributed by atoms with Crippen molar-refractivity contribution in [3.05, 3.63) is 0 Å². The third kappa shape index (κ3) is 24.5. The molecule has 0 aliphatic heterocycles. The molecule has 0 aromatic rings. The monoisotopic (exact) mass is 463 g/mol. The van der Waals surface area contributed by atoms with Crippen molar-refractivity contribution in [2.24, 2.45) is 0 Å². The maximum Gasteiger partial charge on any atom is 0.305 e. The first-order valence-electron chi connectivity index (χ1n) is 11.5. The molecule has 0 saturated heterocycles. The van der Waals surface area contributed by atoms with Crippen molar-refractivity contribution in [3.63, 3.8) is 0 Å². The van der Waals surface area contributed by atoms with Gasteiger partial charge in [0.1, 0.15) is 6.61 Å². The standard InChI is InChI=1S/C22H41NO9/c1-2-3-4-5-7-22(27)32-19-18-31-17-16-30-15-14-29-13-12-28-11-6-10-23-20(24)8-9-21(25)26/h2-19H2,1H3,(H,23,24)(H,25,26). The minimum absolute atomic E-state index is 0.00704. The molecule has 2 N–H and O–H groups in total. The van der Waals surface area contributed by atoms with Gasteiger partial charge in [0.2, 0.25) is 5.91 Å². The number of esters is 1. The molecule has 0 spiro atoms. The number of amides is 1. The summed E-state index contributed by atoms with van der Waals surface area (Å²) in [6.07, 6.45) is 5.21. The summed E-state index contributed by atoms with van der Waals surface area (Å²) in [5, 5.41) is 11.1. The average molecular weight is 464 g/mol. The van der Waals surface area contributed by atoms with Gasteiger partial charge in [-0.3, -0.25) is 14.4 Å². The van der Waals surface area contributed by atoms with Crippen LogP contribution in [0.25, 0.3) is 0 Å². The van der Waals surface area contributed by atoms with E-state index in [9.17, 15) is 14.4 Å². The van der Waals surface area contributed by atoms with Gasteiger partial charge in [-0.05, 0) is 12.8 Å². The maximum absolute atomic E-state index is 11.5. The van der Waals surface area contributed by atoms with Crippen LogP contribution in [0.5, 0.6) is 0 Å². The number of carboxylic acids is 1. The Morgan fingerprint density at radius 1 is 0.656 bits per heavy atom. The molecule has 32 heavy (non-hydrogen) atoms. The lowest BCUT2D eigenvalue weighted by atomic mass is 10.2. The number of unbranched alkanes of at least 4 members (excludes halogenated alkanes) is 3. The fourth-order valence-electron chi connectivity index (χ4n) is 2.46. The van der Waals surface area contributed by atoms with Gasteiger partial charge in [-0.1, -0.05) is 26.2 Å². The number of carboxylic acid groups (broad SMARTS) is 1. The van der Waals surface area contributed by atoms with E-state index in [4.69, 9.17) is 28.8 Å². The molecule has 0 radical (unpaired) electrons. The van der Waals surface area contributed by atoms with Crippen LogP contribution in [0.15, 0.2) is 0 Å². The van der Waals surface area contributed by atoms with Gasteiger partial charge in [-0.25, -0.2) is 0 Å². The van der Waals surface area contributed by atoms with Crippen LogP contribution in [-0.2, 0) is 38.1 Å². The van der Waals surface area contributed by atoms with Crippen LogP contribution in [0.3, 0.4) is 0 Å². The molecule has 0 unspecified atom stereocenters. The number of nitrogens with one attached hydrogen (secondary N) is 1. The van der Waals surface area contributed by atoms with Crippen molar-refractivity contribution in [1.82, 2.24) is 5.32 Å². The Morgan fingerprint density at radius 3 is 1.78 bits per heavy atom. The molecule has 188 valence electrons. The first kappa shape index (κ1) is 30.2. The van der Waals surface area contributed by atoms with Crippen LogP contribution < -0.4 is 5.32 Å². The first-order valence-corrected chi connectivity index (χ1v) is 11.5. The van der Waals surface area contributed by atoms with Gasteiger partial charge < -0.3 is 34.1 Å². The van der Waals surface area contributed by atoms with Crippen molar-refractivity contribution < 1.29 is 43.2 Å². The molecular formula is C22H41NO9. The number of hydrogen-bond acceptors (Lipinski definition) is 8. The van der Waals surface area contributed by atoms with E-state index < -0.39 is 5.97 Å². The minimum Gasteiger partial charge on any atom is -0.481 e. The number of carbonyl (C=O) groups is 3. The van der Waals surface area contributed by atoms with Crippen LogP contribution in [0.4, 0.5) is 0 Å². The topological polar surface area (TPSA) is 130 Å². The Labute approximate surface area is 191 Å². The lowest BCUT2D eigenvalue weighted by Crippen LogP contribution is -2.25. The highest BCUT2D eigenvalue weighted by molar-refractivity contribution is 5.80. The lowest BCUT2D eigenvalue weighted by molar-refractivity contribution is -0.145. The molecule has 0 saturated carbocycles. The van der Waals surface area contributed by atoms with Crippen LogP contribution in [0.1, 0.15) is 58.3 Å². The SMILES string of the molecule is CCCCCCC(=O)OCCOCCOCCOCCOCCCNC(=O)CCC(=O)O. The van der Waals surface area contributed by atoms with Crippen molar-refractivity contribution in [1.29, 1.82) is 0 Å². The molecule has 10 nitrogen and oxygen atoms in total. The summed E-state index contributed by atoms with van der Waals surface area (Å²) in [7, 11) is 0. The molecule has 0 bridgehead atoms. The Hall–Kier alpha value is -1.75. The Kier molecular flexibility index (Phi) is 22.6. The van der Waals surface area contributed by atoms with Gasteiger partial charge in [0.05, 0.1) is 52.7 Å². The van der Waals surface area contributed by atoms with E-state index >= 15 is 0 Å². The number of rotatable bonds is 24. The summed E-state index contributed by atoms with van der Waals surface area (Å²) in [5.74, 6) is -1.41. The van der Waals surface area contributed by atoms with E-state index in [2.05, 4.69) is 12.2 Å². The summed E-state index contributed by atoms with van der Waals surface area (Å²) < 4.78 is 26.6. The second kappa shape index (κ2) is 23.9. The molecule has 10 heteroatoms. The summed E-state index contributed by atoms with van der Waals surface area (Å²) in [5.41, 5.74) is 0. The zero-order chi connectivity index (χ0) is 23.7. The molecule has 0 aromatic heterocycles. The number of hydrogen-bond donors (Lipinski definition) is 2. The molecule has 0 fully saturated rings. The molecule has 0 aromatic carbocycles. The molecule has 0 aliphatic carbocycles. The largest absolute Gasteiger partial charge is 0.481 e. The Balaban J connectivity index is 3.17. The van der Waals surface area contributed by atoms with Crippen molar-refractivity contribution >= 4 is 17.8 Å². The van der Waals surface area contributed by atoms with E-state index in [1.54, 1.807) is 0 Å². The fraction of sp³-hybridized carbons (Fsp3) is 0.864. The predicted molar refractivity (Wildman–Crippen MR) is 117 cm³/mol. The van der Waals surface area contributed by atoms with Crippen molar-refractivity contribution in [2.75, 3.05) is 66.0 Å². The summed E-state index contributed by atoms with van der Waals surface area (Å²) in [6, 6.07) is 0. The minimum atomic E-state index is -0.981. The third-order valence-corrected chi connectivity index (χ3v) is 4.19. The molecule has 0 rings (SSSR count). The van der Waals surface area contributed by atoms with Gasteiger partial charge in [-0.15, -0.1) is 0 Å². The normalized spacial score (nSPS) is 10.8. The predicted octanol–water partition coefficient (Wildman–Crippen LogP) is 1.94. The highest BCUT2D eigenvalue weighted by Crippen LogP contribution is 2.03. The van der Waals surface area contributed by atoms with Crippen molar-refractivity contribution in [3.8, 4) is 0 Å². The third-order valence-electron chi connectivity index (χ3n) is 4.19. The maximum atomic E-state index is 11.5. The molecule has 0 atom stereocenters. The van der Waals surface area contributed by atoms with Gasteiger partial charge in [0.15, 0.2) is 0 Å². The molecule has 0 aliphatic rings. The van der Waals surface area contributed by atoms with E-state index in [0.717, 1.165) is 25.7 Å². The molecule has 0 heterocycles. The van der Waals surface area contributed by atoms with Gasteiger partial charge >= 0.3 is 11.9 Å². The van der Waals surface area contributed by atoms with Crippen LogP contribution in [0, 0.1) is 0 Å². The molecular weight excluding hydrogens is 422 g/mol. The smallest absolute Gasteiger partial charge is 0.305 e. The Bertz CT molecular complexity index is 474. The number of aliphatic carboxylic acids is 1. The van der Waals surface area contributed by atoms with Gasteiger partial charge in [0, 0.05) is 26.0 Å². The zero-order valence-electron chi connectivity index (χ0n) is 19.4. The lowest BCUT2D eigenvalue weighted by Gasteiger charge is -2.08. The number of carbonyl (C=O) groups excluding carboxylic acids is 2.